The fourth-order valence-electron chi connectivity index (χ4n) is 0.814. The molecule has 0 aliphatic heterocycles. The van der Waals surface area contributed by atoms with Gasteiger partial charge in [0.15, 0.2) is 0 Å². The van der Waals surface area contributed by atoms with Gasteiger partial charge >= 0.3 is 0 Å². The zero-order valence-electron chi connectivity index (χ0n) is 9.25. The molecule has 0 fully saturated rings. The lowest BCUT2D eigenvalue weighted by Crippen LogP contribution is -2.35. The summed E-state index contributed by atoms with van der Waals surface area (Å²) in [6.07, 6.45) is 0.655. The molecule has 2 N–H and O–H groups in total. The molecule has 0 aromatic carbocycles. The highest BCUT2D eigenvalue weighted by Crippen LogP contribution is 2.02. The summed E-state index contributed by atoms with van der Waals surface area (Å²) in [5.41, 5.74) is 0. The van der Waals surface area contributed by atoms with E-state index < -0.39 is 6.10 Å². The van der Waals surface area contributed by atoms with Crippen LogP contribution in [-0.2, 0) is 4.79 Å². The topological polar surface area (TPSA) is 49.3 Å². The van der Waals surface area contributed by atoms with Crippen LogP contribution in [0.4, 0.5) is 0 Å². The largest absolute Gasteiger partial charge is 0.391 e. The van der Waals surface area contributed by atoms with Crippen LogP contribution in [0, 0.1) is 5.92 Å². The van der Waals surface area contributed by atoms with Crippen LogP contribution in [0.5, 0.6) is 0 Å². The molecule has 0 aliphatic carbocycles. The molecule has 1 atom stereocenters. The van der Waals surface area contributed by atoms with Crippen molar-refractivity contribution in [3.63, 3.8) is 0 Å². The minimum Gasteiger partial charge on any atom is -0.391 e. The minimum absolute atomic E-state index is 0.0168. The van der Waals surface area contributed by atoms with Crippen molar-refractivity contribution in [1.29, 1.82) is 0 Å². The van der Waals surface area contributed by atoms with Crippen LogP contribution >= 0.6 is 11.8 Å². The molecule has 0 heterocycles. The number of aliphatic hydroxyl groups is 1. The van der Waals surface area contributed by atoms with Gasteiger partial charge in [0.25, 0.3) is 0 Å². The number of hydrogen-bond donors (Lipinski definition) is 2. The van der Waals surface area contributed by atoms with Gasteiger partial charge in [0.1, 0.15) is 0 Å². The van der Waals surface area contributed by atoms with Gasteiger partial charge in [-0.1, -0.05) is 20.8 Å². The summed E-state index contributed by atoms with van der Waals surface area (Å²) in [4.78, 5) is 11.2. The van der Waals surface area contributed by atoms with Gasteiger partial charge in [-0.15, -0.1) is 0 Å². The van der Waals surface area contributed by atoms with E-state index in [1.165, 1.54) is 0 Å². The monoisotopic (exact) mass is 219 g/mol. The SMILES string of the molecule is CCCSCC(=O)NCC(O)C(C)C. The van der Waals surface area contributed by atoms with Crippen molar-refractivity contribution in [3.05, 3.63) is 0 Å². The third kappa shape index (κ3) is 7.21. The molecule has 0 rings (SSSR count). The van der Waals surface area contributed by atoms with Crippen LogP contribution in [-0.4, -0.2) is 35.2 Å². The van der Waals surface area contributed by atoms with E-state index in [9.17, 15) is 9.90 Å². The van der Waals surface area contributed by atoms with Gasteiger partial charge in [0, 0.05) is 6.54 Å². The second kappa shape index (κ2) is 8.12. The Labute approximate surface area is 90.7 Å². The Morgan fingerprint density at radius 3 is 2.64 bits per heavy atom. The van der Waals surface area contributed by atoms with E-state index in [1.54, 1.807) is 11.8 Å². The number of amides is 1. The maximum atomic E-state index is 11.2. The second-order valence-electron chi connectivity index (χ2n) is 3.67. The normalized spacial score (nSPS) is 12.9. The Hall–Kier alpha value is -0.220. The molecule has 3 nitrogen and oxygen atoms in total. The van der Waals surface area contributed by atoms with E-state index in [1.807, 2.05) is 13.8 Å². The summed E-state index contributed by atoms with van der Waals surface area (Å²) in [5, 5.41) is 12.1. The number of carbonyl (C=O) groups excluding carboxylic acids is 1. The van der Waals surface area contributed by atoms with Gasteiger partial charge in [-0.25, -0.2) is 0 Å². The number of aliphatic hydroxyl groups excluding tert-OH is 1. The molecule has 0 radical (unpaired) electrons. The van der Waals surface area contributed by atoms with Crippen LogP contribution in [0.25, 0.3) is 0 Å². The summed E-state index contributed by atoms with van der Waals surface area (Å²) in [6, 6.07) is 0. The average Bonchev–Trinajstić information content (AvgIpc) is 2.14. The van der Waals surface area contributed by atoms with Crippen molar-refractivity contribution in [3.8, 4) is 0 Å². The Kier molecular flexibility index (Phi) is 7.99. The molecule has 0 saturated carbocycles. The number of thioether (sulfide) groups is 1. The molecule has 1 unspecified atom stereocenters. The van der Waals surface area contributed by atoms with Gasteiger partial charge < -0.3 is 10.4 Å². The van der Waals surface area contributed by atoms with Crippen molar-refractivity contribution in [2.75, 3.05) is 18.1 Å². The summed E-state index contributed by atoms with van der Waals surface area (Å²) in [6.45, 7) is 6.32. The van der Waals surface area contributed by atoms with Crippen LogP contribution in [0.2, 0.25) is 0 Å². The van der Waals surface area contributed by atoms with Gasteiger partial charge in [-0.05, 0) is 18.1 Å². The average molecular weight is 219 g/mol. The van der Waals surface area contributed by atoms with Crippen LogP contribution < -0.4 is 5.32 Å². The van der Waals surface area contributed by atoms with Gasteiger partial charge in [-0.3, -0.25) is 4.79 Å². The van der Waals surface area contributed by atoms with Gasteiger partial charge in [0.05, 0.1) is 11.9 Å². The van der Waals surface area contributed by atoms with Crippen molar-refractivity contribution in [2.24, 2.45) is 5.92 Å². The first-order valence-electron chi connectivity index (χ1n) is 5.10. The molecule has 14 heavy (non-hydrogen) atoms. The molecule has 0 saturated heterocycles. The van der Waals surface area contributed by atoms with Crippen molar-refractivity contribution >= 4 is 17.7 Å². The Morgan fingerprint density at radius 1 is 1.50 bits per heavy atom. The quantitative estimate of drug-likeness (QED) is 0.634. The fraction of sp³-hybridized carbons (Fsp3) is 0.900. The third-order valence-electron chi connectivity index (χ3n) is 1.86. The molecule has 0 aliphatic rings. The number of nitrogens with one attached hydrogen (secondary N) is 1. The Morgan fingerprint density at radius 2 is 2.14 bits per heavy atom. The first-order valence-corrected chi connectivity index (χ1v) is 6.25. The minimum atomic E-state index is -0.435. The first-order chi connectivity index (χ1) is 6.57. The molecule has 4 heteroatoms. The van der Waals surface area contributed by atoms with E-state index >= 15 is 0 Å². The summed E-state index contributed by atoms with van der Waals surface area (Å²) < 4.78 is 0. The van der Waals surface area contributed by atoms with E-state index in [2.05, 4.69) is 12.2 Å². The zero-order chi connectivity index (χ0) is 11.0. The molecule has 84 valence electrons. The van der Waals surface area contributed by atoms with Crippen LogP contribution in [0.15, 0.2) is 0 Å². The number of carbonyl (C=O) groups is 1. The van der Waals surface area contributed by atoms with Gasteiger partial charge in [-0.2, -0.15) is 11.8 Å². The second-order valence-corrected chi connectivity index (χ2v) is 4.77. The van der Waals surface area contributed by atoms with Gasteiger partial charge in [0.2, 0.25) is 5.91 Å². The molecule has 0 bridgehead atoms. The van der Waals surface area contributed by atoms with E-state index in [-0.39, 0.29) is 11.8 Å². The summed E-state index contributed by atoms with van der Waals surface area (Å²) in [7, 11) is 0. The first kappa shape index (κ1) is 13.8. The molecule has 0 aromatic heterocycles. The molecular weight excluding hydrogens is 198 g/mol. The maximum absolute atomic E-state index is 11.2. The van der Waals surface area contributed by atoms with Crippen molar-refractivity contribution in [2.45, 2.75) is 33.3 Å². The highest BCUT2D eigenvalue weighted by Gasteiger charge is 2.10. The smallest absolute Gasteiger partial charge is 0.230 e. The molecular formula is C10H21NO2S. The van der Waals surface area contributed by atoms with Crippen LogP contribution in [0.3, 0.4) is 0 Å². The Balaban J connectivity index is 3.44. The van der Waals surface area contributed by atoms with E-state index in [0.29, 0.717) is 12.3 Å². The predicted octanol–water partition coefficient (Wildman–Crippen LogP) is 1.26. The third-order valence-corrected chi connectivity index (χ3v) is 3.02. The van der Waals surface area contributed by atoms with E-state index in [0.717, 1.165) is 12.2 Å². The maximum Gasteiger partial charge on any atom is 0.230 e. The van der Waals surface area contributed by atoms with Crippen molar-refractivity contribution < 1.29 is 9.90 Å². The van der Waals surface area contributed by atoms with Crippen molar-refractivity contribution in [1.82, 2.24) is 5.32 Å². The molecule has 0 aromatic rings. The highest BCUT2D eigenvalue weighted by atomic mass is 32.2. The highest BCUT2D eigenvalue weighted by molar-refractivity contribution is 7.99. The fourth-order valence-corrected chi connectivity index (χ4v) is 1.53. The number of rotatable bonds is 7. The van der Waals surface area contributed by atoms with Crippen LogP contribution in [0.1, 0.15) is 27.2 Å². The summed E-state index contributed by atoms with van der Waals surface area (Å²) in [5.74, 6) is 1.72. The standard InChI is InChI=1S/C10H21NO2S/c1-4-5-14-7-10(13)11-6-9(12)8(2)3/h8-9,12H,4-7H2,1-3H3,(H,11,13). The lowest BCUT2D eigenvalue weighted by molar-refractivity contribution is -0.119. The van der Waals surface area contributed by atoms with E-state index in [4.69, 9.17) is 0 Å². The predicted molar refractivity (Wildman–Crippen MR) is 61.5 cm³/mol. The summed E-state index contributed by atoms with van der Waals surface area (Å²) >= 11 is 1.63. The molecule has 0 spiro atoms. The lowest BCUT2D eigenvalue weighted by Gasteiger charge is -2.14. The molecule has 1 amide bonds. The zero-order valence-corrected chi connectivity index (χ0v) is 10.1. The lowest BCUT2D eigenvalue weighted by atomic mass is 10.1. The Bertz CT molecular complexity index is 162. The number of hydrogen-bond acceptors (Lipinski definition) is 3.